The Balaban J connectivity index is 1.38. The van der Waals surface area contributed by atoms with E-state index in [2.05, 4.69) is 29.2 Å². The van der Waals surface area contributed by atoms with Crippen LogP contribution in [0.2, 0.25) is 0 Å². The molecule has 3 rings (SSSR count). The van der Waals surface area contributed by atoms with Gasteiger partial charge in [0, 0.05) is 24.1 Å². The third kappa shape index (κ3) is 7.50. The van der Waals surface area contributed by atoms with Crippen molar-refractivity contribution in [3.05, 3.63) is 72.6 Å². The molecular weight excluding hydrogens is 380 g/mol. The van der Waals surface area contributed by atoms with Crippen molar-refractivity contribution < 1.29 is 9.36 Å². The van der Waals surface area contributed by atoms with Crippen molar-refractivity contribution in [2.45, 2.75) is 77.7 Å². The van der Waals surface area contributed by atoms with Crippen molar-refractivity contribution in [2.75, 3.05) is 5.32 Å². The lowest BCUT2D eigenvalue weighted by Gasteiger charge is -2.08. The summed E-state index contributed by atoms with van der Waals surface area (Å²) in [6.07, 6.45) is 17.7. The first-order valence-electron chi connectivity index (χ1n) is 12.1. The van der Waals surface area contributed by atoms with Crippen LogP contribution in [0.5, 0.6) is 0 Å². The Kier molecular flexibility index (Phi) is 9.56. The average Bonchev–Trinajstić information content (AvgIpc) is 2.81. The van der Waals surface area contributed by atoms with Crippen molar-refractivity contribution >= 4 is 22.4 Å². The number of carbonyl (C=O) groups excluding carboxylic acids is 1. The van der Waals surface area contributed by atoms with Gasteiger partial charge < -0.3 is 5.32 Å². The number of fused-ring (bicyclic) bond motifs is 1. The summed E-state index contributed by atoms with van der Waals surface area (Å²) >= 11 is 0. The molecule has 0 unspecified atom stereocenters. The van der Waals surface area contributed by atoms with Crippen LogP contribution in [-0.2, 0) is 6.54 Å². The van der Waals surface area contributed by atoms with E-state index in [0.717, 1.165) is 23.0 Å². The average molecular weight is 418 g/mol. The Labute approximate surface area is 187 Å². The molecule has 0 fully saturated rings. The third-order valence-electron chi connectivity index (χ3n) is 5.95. The van der Waals surface area contributed by atoms with E-state index in [1.807, 2.05) is 54.6 Å². The highest BCUT2D eigenvalue weighted by molar-refractivity contribution is 6.12. The summed E-state index contributed by atoms with van der Waals surface area (Å²) in [5, 5.41) is 5.10. The van der Waals surface area contributed by atoms with E-state index in [9.17, 15) is 4.79 Å². The maximum atomic E-state index is 12.8. The number of rotatable bonds is 13. The first kappa shape index (κ1) is 23.0. The van der Waals surface area contributed by atoms with Crippen molar-refractivity contribution in [2.24, 2.45) is 0 Å². The fourth-order valence-electron chi connectivity index (χ4n) is 4.09. The molecule has 0 aliphatic heterocycles. The molecule has 1 amide bonds. The zero-order chi connectivity index (χ0) is 21.7. The first-order chi connectivity index (χ1) is 15.3. The van der Waals surface area contributed by atoms with Gasteiger partial charge in [-0.3, -0.25) is 4.79 Å². The van der Waals surface area contributed by atoms with E-state index in [1.165, 1.54) is 64.2 Å². The second kappa shape index (κ2) is 12.9. The van der Waals surface area contributed by atoms with Gasteiger partial charge in [0.05, 0.1) is 5.69 Å². The van der Waals surface area contributed by atoms with Gasteiger partial charge in [0.25, 0.3) is 5.91 Å². The van der Waals surface area contributed by atoms with Gasteiger partial charge in [0.2, 0.25) is 0 Å². The second-order valence-corrected chi connectivity index (χ2v) is 8.49. The smallest absolute Gasteiger partial charge is 0.256 e. The molecule has 0 atom stereocenters. The van der Waals surface area contributed by atoms with Crippen molar-refractivity contribution in [1.29, 1.82) is 0 Å². The van der Waals surface area contributed by atoms with Crippen LogP contribution in [0.15, 0.2) is 67.0 Å². The maximum Gasteiger partial charge on any atom is 0.256 e. The first-order valence-corrected chi connectivity index (χ1v) is 12.1. The van der Waals surface area contributed by atoms with Crippen LogP contribution in [-0.4, -0.2) is 5.91 Å². The number of aryl methyl sites for hydroxylation is 1. The van der Waals surface area contributed by atoms with Gasteiger partial charge in [0.1, 0.15) is 6.54 Å². The minimum absolute atomic E-state index is 0.0655. The number of aromatic nitrogens is 1. The summed E-state index contributed by atoms with van der Waals surface area (Å²) in [6, 6.07) is 17.8. The summed E-state index contributed by atoms with van der Waals surface area (Å²) in [6.45, 7) is 3.31. The van der Waals surface area contributed by atoms with Crippen molar-refractivity contribution in [3.63, 3.8) is 0 Å². The van der Waals surface area contributed by atoms with E-state index in [-0.39, 0.29) is 5.91 Å². The second-order valence-electron chi connectivity index (χ2n) is 8.49. The molecule has 3 heteroatoms. The van der Waals surface area contributed by atoms with E-state index in [0.29, 0.717) is 5.56 Å². The van der Waals surface area contributed by atoms with E-state index < -0.39 is 0 Å². The normalized spacial score (nSPS) is 11.0. The zero-order valence-electron chi connectivity index (χ0n) is 19.0. The summed E-state index contributed by atoms with van der Waals surface area (Å²) in [7, 11) is 0. The molecule has 1 aromatic heterocycles. The monoisotopic (exact) mass is 417 g/mol. The molecule has 0 aliphatic carbocycles. The third-order valence-corrected chi connectivity index (χ3v) is 5.95. The number of hydrogen-bond acceptors (Lipinski definition) is 1. The molecule has 0 aliphatic rings. The molecule has 0 bridgehead atoms. The van der Waals surface area contributed by atoms with E-state index in [1.54, 1.807) is 0 Å². The SMILES string of the molecule is CCCCCCCCCCCC[n+]1ccc(NC(=O)c2cccc3ccccc23)cc1. The molecule has 2 aromatic carbocycles. The zero-order valence-corrected chi connectivity index (χ0v) is 19.0. The summed E-state index contributed by atoms with van der Waals surface area (Å²) in [4.78, 5) is 12.8. The fourth-order valence-corrected chi connectivity index (χ4v) is 4.09. The number of nitrogens with zero attached hydrogens (tertiary/aromatic N) is 1. The minimum Gasteiger partial charge on any atom is -0.322 e. The van der Waals surface area contributed by atoms with E-state index in [4.69, 9.17) is 0 Å². The number of carbonyl (C=O) groups is 1. The number of benzene rings is 2. The molecule has 1 N–H and O–H groups in total. The van der Waals surface area contributed by atoms with Crippen molar-refractivity contribution in [1.82, 2.24) is 0 Å². The van der Waals surface area contributed by atoms with Gasteiger partial charge in [-0.25, -0.2) is 4.57 Å². The van der Waals surface area contributed by atoms with Crippen LogP contribution in [0, 0.1) is 0 Å². The highest BCUT2D eigenvalue weighted by Gasteiger charge is 2.10. The standard InChI is InChI=1S/C28H36N2O/c1-2-3-4-5-6-7-8-9-10-13-21-30-22-19-25(20-23-30)29-28(31)27-18-14-16-24-15-11-12-17-26(24)27/h11-12,14-20,22-23H,2-10,13,21H2,1H3/p+1. The van der Waals surface area contributed by atoms with Gasteiger partial charge in [-0.05, 0) is 23.3 Å². The Bertz CT molecular complexity index is 928. The summed E-state index contributed by atoms with van der Waals surface area (Å²) in [5.74, 6) is -0.0655. The molecule has 1 heterocycles. The number of pyridine rings is 1. The number of amides is 1. The van der Waals surface area contributed by atoms with Crippen LogP contribution in [0.3, 0.4) is 0 Å². The lowest BCUT2D eigenvalue weighted by Crippen LogP contribution is -2.32. The van der Waals surface area contributed by atoms with Crippen molar-refractivity contribution in [3.8, 4) is 0 Å². The lowest BCUT2D eigenvalue weighted by molar-refractivity contribution is -0.697. The topological polar surface area (TPSA) is 33.0 Å². The molecule has 31 heavy (non-hydrogen) atoms. The Hall–Kier alpha value is -2.68. The molecule has 0 saturated carbocycles. The Morgan fingerprint density at radius 1 is 0.742 bits per heavy atom. The quantitative estimate of drug-likeness (QED) is 0.230. The Morgan fingerprint density at radius 3 is 2.06 bits per heavy atom. The van der Waals surface area contributed by atoms with Gasteiger partial charge >= 0.3 is 0 Å². The summed E-state index contributed by atoms with van der Waals surface area (Å²) in [5.41, 5.74) is 1.54. The van der Waals surface area contributed by atoms with Crippen LogP contribution in [0.25, 0.3) is 10.8 Å². The number of nitrogens with one attached hydrogen (secondary N) is 1. The Morgan fingerprint density at radius 2 is 1.35 bits per heavy atom. The van der Waals surface area contributed by atoms with Gasteiger partial charge in [0.15, 0.2) is 12.4 Å². The molecule has 0 spiro atoms. The van der Waals surface area contributed by atoms with Crippen LogP contribution in [0.1, 0.15) is 81.5 Å². The number of anilines is 1. The molecule has 3 nitrogen and oxygen atoms in total. The fraction of sp³-hybridized carbons (Fsp3) is 0.429. The lowest BCUT2D eigenvalue weighted by atomic mass is 10.0. The maximum absolute atomic E-state index is 12.8. The predicted molar refractivity (Wildman–Crippen MR) is 130 cm³/mol. The number of unbranched alkanes of at least 4 members (excludes halogenated alkanes) is 9. The van der Waals surface area contributed by atoms with Crippen LogP contribution >= 0.6 is 0 Å². The van der Waals surface area contributed by atoms with Crippen LogP contribution in [0.4, 0.5) is 5.69 Å². The molecular formula is C28H37N2O+. The molecule has 3 aromatic rings. The molecule has 164 valence electrons. The highest BCUT2D eigenvalue weighted by atomic mass is 16.1. The summed E-state index contributed by atoms with van der Waals surface area (Å²) < 4.78 is 2.21. The van der Waals surface area contributed by atoms with Gasteiger partial charge in [-0.2, -0.15) is 0 Å². The number of hydrogen-bond donors (Lipinski definition) is 1. The van der Waals surface area contributed by atoms with Crippen LogP contribution < -0.4 is 9.88 Å². The predicted octanol–water partition coefficient (Wildman–Crippen LogP) is 7.30. The molecule has 0 radical (unpaired) electrons. The van der Waals surface area contributed by atoms with E-state index >= 15 is 0 Å². The van der Waals surface area contributed by atoms with Gasteiger partial charge in [-0.1, -0.05) is 94.7 Å². The highest BCUT2D eigenvalue weighted by Crippen LogP contribution is 2.19. The minimum atomic E-state index is -0.0655. The van der Waals surface area contributed by atoms with Gasteiger partial charge in [-0.15, -0.1) is 0 Å². The largest absolute Gasteiger partial charge is 0.322 e. The molecule has 0 saturated heterocycles.